The minimum atomic E-state index is 0.280. The van der Waals surface area contributed by atoms with Crippen molar-refractivity contribution in [3.63, 3.8) is 0 Å². The Labute approximate surface area is 86.4 Å². The van der Waals surface area contributed by atoms with E-state index in [1.54, 1.807) is 0 Å². The van der Waals surface area contributed by atoms with Gasteiger partial charge in [0, 0.05) is 26.1 Å². The lowest BCUT2D eigenvalue weighted by Gasteiger charge is -2.26. The highest BCUT2D eigenvalue weighted by Gasteiger charge is 2.15. The fourth-order valence-corrected chi connectivity index (χ4v) is 1.47. The van der Waals surface area contributed by atoms with E-state index in [-0.39, 0.29) is 5.91 Å². The van der Waals surface area contributed by atoms with E-state index in [4.69, 9.17) is 0 Å². The molecule has 0 saturated carbocycles. The molecule has 1 aliphatic rings. The fourth-order valence-electron chi connectivity index (χ4n) is 1.47. The van der Waals surface area contributed by atoms with Crippen molar-refractivity contribution in [1.29, 1.82) is 0 Å². The predicted octanol–water partition coefficient (Wildman–Crippen LogP) is 1.12. The third-order valence-corrected chi connectivity index (χ3v) is 2.56. The van der Waals surface area contributed by atoms with Gasteiger partial charge in [-0.3, -0.25) is 4.79 Å². The van der Waals surface area contributed by atoms with E-state index in [0.29, 0.717) is 6.42 Å². The molecular formula is C11H20N2O. The molecule has 0 aliphatic carbocycles. The number of rotatable bonds is 3. The van der Waals surface area contributed by atoms with Crippen LogP contribution >= 0.6 is 0 Å². The van der Waals surface area contributed by atoms with Crippen LogP contribution in [0.5, 0.6) is 0 Å². The van der Waals surface area contributed by atoms with E-state index in [9.17, 15) is 4.79 Å². The van der Waals surface area contributed by atoms with Gasteiger partial charge >= 0.3 is 0 Å². The van der Waals surface area contributed by atoms with Crippen molar-refractivity contribution < 1.29 is 4.79 Å². The van der Waals surface area contributed by atoms with Crippen LogP contribution in [0.3, 0.4) is 0 Å². The Kier molecular flexibility index (Phi) is 4.14. The van der Waals surface area contributed by atoms with Crippen molar-refractivity contribution in [3.05, 3.63) is 11.6 Å². The van der Waals surface area contributed by atoms with Crippen LogP contribution in [0.2, 0.25) is 0 Å². The second kappa shape index (κ2) is 5.15. The van der Waals surface area contributed by atoms with Gasteiger partial charge in [0.2, 0.25) is 5.91 Å². The highest BCUT2D eigenvalue weighted by atomic mass is 16.2. The lowest BCUT2D eigenvalue weighted by molar-refractivity contribution is -0.131. The molecule has 0 aromatic rings. The number of hydrogen-bond donors (Lipinski definition) is 0. The first kappa shape index (κ1) is 11.2. The monoisotopic (exact) mass is 196 g/mol. The van der Waals surface area contributed by atoms with Gasteiger partial charge in [-0.05, 0) is 27.4 Å². The summed E-state index contributed by atoms with van der Waals surface area (Å²) in [4.78, 5) is 15.7. The summed E-state index contributed by atoms with van der Waals surface area (Å²) in [6.07, 6.45) is 3.82. The third kappa shape index (κ3) is 3.50. The van der Waals surface area contributed by atoms with E-state index >= 15 is 0 Å². The Hall–Kier alpha value is -0.830. The molecule has 0 fully saturated rings. The molecule has 80 valence electrons. The quantitative estimate of drug-likeness (QED) is 0.631. The SMILES string of the molecule is CC1=CCN(C(=O)CCN(C)C)CC1. The molecule has 0 atom stereocenters. The Bertz CT molecular complexity index is 233. The second-order valence-electron chi connectivity index (χ2n) is 4.19. The zero-order valence-electron chi connectivity index (χ0n) is 9.42. The third-order valence-electron chi connectivity index (χ3n) is 2.56. The molecule has 1 amide bonds. The largest absolute Gasteiger partial charge is 0.339 e. The van der Waals surface area contributed by atoms with Gasteiger partial charge in [-0.25, -0.2) is 0 Å². The van der Waals surface area contributed by atoms with Gasteiger partial charge in [0.05, 0.1) is 0 Å². The van der Waals surface area contributed by atoms with Crippen LogP contribution in [-0.2, 0) is 4.79 Å². The maximum absolute atomic E-state index is 11.7. The van der Waals surface area contributed by atoms with E-state index in [0.717, 1.165) is 26.1 Å². The van der Waals surface area contributed by atoms with Crippen LogP contribution < -0.4 is 0 Å². The standard InChI is InChI=1S/C11H20N2O/c1-10-4-8-13(9-5-10)11(14)6-7-12(2)3/h4H,5-9H2,1-3H3. The van der Waals surface area contributed by atoms with Gasteiger partial charge in [0.15, 0.2) is 0 Å². The molecule has 0 aromatic heterocycles. The van der Waals surface area contributed by atoms with Gasteiger partial charge in [-0.15, -0.1) is 0 Å². The Morgan fingerprint density at radius 3 is 2.79 bits per heavy atom. The molecular weight excluding hydrogens is 176 g/mol. The molecule has 14 heavy (non-hydrogen) atoms. The molecule has 0 radical (unpaired) electrons. The smallest absolute Gasteiger partial charge is 0.224 e. The molecule has 0 N–H and O–H groups in total. The normalized spacial score (nSPS) is 17.1. The number of hydrogen-bond acceptors (Lipinski definition) is 2. The average molecular weight is 196 g/mol. The minimum absolute atomic E-state index is 0.280. The summed E-state index contributed by atoms with van der Waals surface area (Å²) in [6.45, 7) is 4.67. The van der Waals surface area contributed by atoms with E-state index in [1.807, 2.05) is 23.9 Å². The Balaban J connectivity index is 2.32. The lowest BCUT2D eigenvalue weighted by Crippen LogP contribution is -2.36. The fraction of sp³-hybridized carbons (Fsp3) is 0.727. The molecule has 0 aromatic carbocycles. The molecule has 3 nitrogen and oxygen atoms in total. The number of amides is 1. The number of carbonyl (C=O) groups is 1. The summed E-state index contributed by atoms with van der Waals surface area (Å²) in [6, 6.07) is 0. The van der Waals surface area contributed by atoms with Crippen LogP contribution in [-0.4, -0.2) is 49.4 Å². The van der Waals surface area contributed by atoms with Crippen molar-refractivity contribution in [1.82, 2.24) is 9.80 Å². The maximum Gasteiger partial charge on any atom is 0.224 e. The molecule has 1 rings (SSSR count). The summed E-state index contributed by atoms with van der Waals surface area (Å²) in [5.74, 6) is 0.280. The Morgan fingerprint density at radius 2 is 2.29 bits per heavy atom. The summed E-state index contributed by atoms with van der Waals surface area (Å²) < 4.78 is 0. The zero-order chi connectivity index (χ0) is 10.6. The van der Waals surface area contributed by atoms with Crippen molar-refractivity contribution in [2.75, 3.05) is 33.7 Å². The van der Waals surface area contributed by atoms with Gasteiger partial charge < -0.3 is 9.80 Å². The average Bonchev–Trinajstić information content (AvgIpc) is 2.15. The van der Waals surface area contributed by atoms with E-state index in [1.165, 1.54) is 5.57 Å². The minimum Gasteiger partial charge on any atom is -0.339 e. The summed E-state index contributed by atoms with van der Waals surface area (Å²) in [5, 5.41) is 0. The second-order valence-corrected chi connectivity index (χ2v) is 4.19. The van der Waals surface area contributed by atoms with Gasteiger partial charge in [-0.2, -0.15) is 0 Å². The molecule has 0 bridgehead atoms. The van der Waals surface area contributed by atoms with Crippen molar-refractivity contribution >= 4 is 5.91 Å². The van der Waals surface area contributed by atoms with Crippen LogP contribution in [0.25, 0.3) is 0 Å². The number of carbonyl (C=O) groups excluding carboxylic acids is 1. The van der Waals surface area contributed by atoms with Gasteiger partial charge in [0.1, 0.15) is 0 Å². The molecule has 1 heterocycles. The van der Waals surface area contributed by atoms with Crippen LogP contribution in [0.1, 0.15) is 19.8 Å². The van der Waals surface area contributed by atoms with Crippen molar-refractivity contribution in [2.24, 2.45) is 0 Å². The van der Waals surface area contributed by atoms with Gasteiger partial charge in [-0.1, -0.05) is 11.6 Å². The molecule has 0 spiro atoms. The van der Waals surface area contributed by atoms with Crippen LogP contribution in [0.15, 0.2) is 11.6 Å². The first-order valence-corrected chi connectivity index (χ1v) is 5.17. The highest BCUT2D eigenvalue weighted by Crippen LogP contribution is 2.10. The first-order chi connectivity index (χ1) is 6.59. The van der Waals surface area contributed by atoms with Crippen molar-refractivity contribution in [2.45, 2.75) is 19.8 Å². The zero-order valence-corrected chi connectivity index (χ0v) is 9.42. The molecule has 0 saturated heterocycles. The van der Waals surface area contributed by atoms with E-state index < -0.39 is 0 Å². The first-order valence-electron chi connectivity index (χ1n) is 5.17. The molecule has 0 unspecified atom stereocenters. The predicted molar refractivity (Wildman–Crippen MR) is 58.1 cm³/mol. The van der Waals surface area contributed by atoms with Crippen LogP contribution in [0.4, 0.5) is 0 Å². The summed E-state index contributed by atoms with van der Waals surface area (Å²) >= 11 is 0. The van der Waals surface area contributed by atoms with Crippen molar-refractivity contribution in [3.8, 4) is 0 Å². The topological polar surface area (TPSA) is 23.6 Å². The number of nitrogens with zero attached hydrogens (tertiary/aromatic N) is 2. The Morgan fingerprint density at radius 1 is 1.57 bits per heavy atom. The maximum atomic E-state index is 11.7. The summed E-state index contributed by atoms with van der Waals surface area (Å²) in [7, 11) is 3.99. The van der Waals surface area contributed by atoms with Crippen LogP contribution in [0, 0.1) is 0 Å². The molecule has 1 aliphatic heterocycles. The lowest BCUT2D eigenvalue weighted by atomic mass is 10.1. The summed E-state index contributed by atoms with van der Waals surface area (Å²) in [5.41, 5.74) is 1.40. The molecule has 3 heteroatoms. The van der Waals surface area contributed by atoms with Gasteiger partial charge in [0.25, 0.3) is 0 Å². The van der Waals surface area contributed by atoms with E-state index in [2.05, 4.69) is 13.0 Å². The highest BCUT2D eigenvalue weighted by molar-refractivity contribution is 5.76.